The van der Waals surface area contributed by atoms with Crippen LogP contribution in [0.25, 0.3) is 0 Å². The van der Waals surface area contributed by atoms with Crippen LogP contribution in [0, 0.1) is 16.0 Å². The number of cyclic esters (lactones) is 1. The summed E-state index contributed by atoms with van der Waals surface area (Å²) < 4.78 is 40.7. The number of rotatable bonds is 8. The lowest BCUT2D eigenvalue weighted by molar-refractivity contribution is -0.384. The molecule has 3 rings (SSSR count). The van der Waals surface area contributed by atoms with E-state index in [9.17, 15) is 23.3 Å². The van der Waals surface area contributed by atoms with Crippen molar-refractivity contribution in [3.8, 4) is 11.5 Å². The van der Waals surface area contributed by atoms with E-state index in [4.69, 9.17) is 14.2 Å². The lowest BCUT2D eigenvalue weighted by atomic mass is 9.95. The summed E-state index contributed by atoms with van der Waals surface area (Å²) in [5.74, 6) is -0.0338. The number of carbonyl (C=O) groups is 1. The maximum absolute atomic E-state index is 12.6. The first-order chi connectivity index (χ1) is 14.7. The van der Waals surface area contributed by atoms with Gasteiger partial charge in [-0.25, -0.2) is 0 Å². The first kappa shape index (κ1) is 22.0. The molecule has 1 heterocycles. The van der Waals surface area contributed by atoms with Gasteiger partial charge in [-0.2, -0.15) is 18.4 Å². The monoisotopic (exact) mass is 449 g/mol. The molecule has 0 radical (unpaired) electrons. The van der Waals surface area contributed by atoms with E-state index in [1.807, 2.05) is 0 Å². The van der Waals surface area contributed by atoms with Crippen LogP contribution in [0.5, 0.6) is 11.5 Å². The number of sulfonamides is 1. The second-order valence-electron chi connectivity index (χ2n) is 6.50. The molecule has 0 unspecified atom stereocenters. The molecule has 1 atom stereocenters. The third-order valence-electron chi connectivity index (χ3n) is 4.57. The maximum atomic E-state index is 12.6. The number of nitrogens with one attached hydrogen (secondary N) is 1. The second kappa shape index (κ2) is 9.00. The number of nitro groups is 1. The molecule has 1 aliphatic rings. The number of carbonyl (C=O) groups excluding carboxylic acids is 1. The molecule has 1 fully saturated rings. The number of methoxy groups -OCH3 is 2. The minimum absolute atomic E-state index is 0.0342. The van der Waals surface area contributed by atoms with Crippen molar-refractivity contribution in [1.82, 2.24) is 4.83 Å². The fourth-order valence-corrected chi connectivity index (χ4v) is 3.80. The molecule has 164 valence electrons. The Bertz CT molecular complexity index is 1130. The summed E-state index contributed by atoms with van der Waals surface area (Å²) in [6.45, 7) is 0.0469. The SMILES string of the molecule is COc1ccc(/C(=N/NS(=O)(=O)c2ccc([N+](=O)[O-])cc2)[C@H]2COC(=O)C2)cc1OC. The smallest absolute Gasteiger partial charge is 0.306 e. The van der Waals surface area contributed by atoms with E-state index >= 15 is 0 Å². The lowest BCUT2D eigenvalue weighted by Gasteiger charge is -2.15. The summed E-state index contributed by atoms with van der Waals surface area (Å²) in [6.07, 6.45) is 0.0342. The molecule has 0 bridgehead atoms. The number of hydrogen-bond donors (Lipinski definition) is 1. The average Bonchev–Trinajstić information content (AvgIpc) is 3.19. The van der Waals surface area contributed by atoms with Gasteiger partial charge in [-0.15, -0.1) is 0 Å². The molecular weight excluding hydrogens is 430 g/mol. The topological polar surface area (TPSA) is 146 Å². The Morgan fingerprint density at radius 1 is 1.16 bits per heavy atom. The highest BCUT2D eigenvalue weighted by atomic mass is 32.2. The molecule has 31 heavy (non-hydrogen) atoms. The molecule has 0 spiro atoms. The number of hydrazone groups is 1. The lowest BCUT2D eigenvalue weighted by Crippen LogP contribution is -2.24. The average molecular weight is 449 g/mol. The van der Waals surface area contributed by atoms with E-state index in [0.717, 1.165) is 24.3 Å². The molecule has 0 amide bonds. The van der Waals surface area contributed by atoms with E-state index in [2.05, 4.69) is 9.93 Å². The van der Waals surface area contributed by atoms with Gasteiger partial charge in [-0.3, -0.25) is 14.9 Å². The summed E-state index contributed by atoms with van der Waals surface area (Å²) in [6, 6.07) is 9.27. The number of nitro benzene ring substituents is 1. The number of benzene rings is 2. The predicted molar refractivity (Wildman–Crippen MR) is 109 cm³/mol. The van der Waals surface area contributed by atoms with Gasteiger partial charge in [0, 0.05) is 23.6 Å². The van der Waals surface area contributed by atoms with E-state index in [1.54, 1.807) is 18.2 Å². The summed E-state index contributed by atoms with van der Waals surface area (Å²) >= 11 is 0. The Labute approximate surface area is 177 Å². The van der Waals surface area contributed by atoms with Crippen LogP contribution in [-0.4, -0.2) is 45.8 Å². The summed E-state index contributed by atoms with van der Waals surface area (Å²) in [5.41, 5.74) is 0.541. The number of nitrogens with zero attached hydrogens (tertiary/aromatic N) is 2. The quantitative estimate of drug-likeness (QED) is 0.278. The molecule has 12 heteroatoms. The van der Waals surface area contributed by atoms with Gasteiger partial charge in [0.05, 0.1) is 36.2 Å². The molecule has 11 nitrogen and oxygen atoms in total. The first-order valence-electron chi connectivity index (χ1n) is 8.97. The van der Waals surface area contributed by atoms with Gasteiger partial charge in [0.2, 0.25) is 0 Å². The van der Waals surface area contributed by atoms with Crippen LogP contribution < -0.4 is 14.3 Å². The third-order valence-corrected chi connectivity index (χ3v) is 5.79. The van der Waals surface area contributed by atoms with Crippen molar-refractivity contribution in [3.05, 3.63) is 58.1 Å². The van der Waals surface area contributed by atoms with E-state index < -0.39 is 26.8 Å². The number of esters is 1. The van der Waals surface area contributed by atoms with Gasteiger partial charge in [-0.1, -0.05) is 0 Å². The zero-order chi connectivity index (χ0) is 22.6. The van der Waals surface area contributed by atoms with Gasteiger partial charge in [0.15, 0.2) is 11.5 Å². The third kappa shape index (κ3) is 4.91. The second-order valence-corrected chi connectivity index (χ2v) is 8.16. The summed E-state index contributed by atoms with van der Waals surface area (Å²) in [4.78, 5) is 23.7. The van der Waals surface area contributed by atoms with Crippen LogP contribution in [0.2, 0.25) is 0 Å². The normalized spacial score (nSPS) is 16.5. The largest absolute Gasteiger partial charge is 0.493 e. The molecule has 0 aliphatic carbocycles. The van der Waals surface area contributed by atoms with Crippen LogP contribution in [0.15, 0.2) is 52.5 Å². The van der Waals surface area contributed by atoms with Gasteiger partial charge >= 0.3 is 5.97 Å². The van der Waals surface area contributed by atoms with Crippen LogP contribution in [-0.2, 0) is 19.6 Å². The zero-order valence-corrected chi connectivity index (χ0v) is 17.4. The number of ether oxygens (including phenoxy) is 3. The molecule has 1 N–H and O–H groups in total. The minimum atomic E-state index is -4.12. The summed E-state index contributed by atoms with van der Waals surface area (Å²) in [5, 5.41) is 14.8. The molecule has 1 aliphatic heterocycles. The van der Waals surface area contributed by atoms with Crippen LogP contribution >= 0.6 is 0 Å². The van der Waals surface area contributed by atoms with Gasteiger partial charge in [-0.05, 0) is 30.3 Å². The number of non-ortho nitro benzene ring substituents is 1. The minimum Gasteiger partial charge on any atom is -0.493 e. The van der Waals surface area contributed by atoms with Crippen molar-refractivity contribution in [2.75, 3.05) is 20.8 Å². The fraction of sp³-hybridized carbons (Fsp3) is 0.263. The van der Waals surface area contributed by atoms with Crippen molar-refractivity contribution in [2.45, 2.75) is 11.3 Å². The van der Waals surface area contributed by atoms with Gasteiger partial charge in [0.1, 0.15) is 6.61 Å². The highest BCUT2D eigenvalue weighted by Gasteiger charge is 2.30. The van der Waals surface area contributed by atoms with Crippen LogP contribution in [0.1, 0.15) is 12.0 Å². The van der Waals surface area contributed by atoms with E-state index in [0.29, 0.717) is 17.1 Å². The highest BCUT2D eigenvalue weighted by molar-refractivity contribution is 7.89. The molecule has 2 aromatic rings. The van der Waals surface area contributed by atoms with Crippen molar-refractivity contribution in [3.63, 3.8) is 0 Å². The van der Waals surface area contributed by atoms with Gasteiger partial charge < -0.3 is 14.2 Å². The Hall–Kier alpha value is -3.67. The zero-order valence-electron chi connectivity index (χ0n) is 16.6. The fourth-order valence-electron chi connectivity index (χ4n) is 2.98. The van der Waals surface area contributed by atoms with Crippen molar-refractivity contribution >= 4 is 27.4 Å². The molecule has 1 saturated heterocycles. The first-order valence-corrected chi connectivity index (χ1v) is 10.5. The Kier molecular flexibility index (Phi) is 6.39. The van der Waals surface area contributed by atoms with Crippen molar-refractivity contribution in [2.24, 2.45) is 11.0 Å². The highest BCUT2D eigenvalue weighted by Crippen LogP contribution is 2.30. The van der Waals surface area contributed by atoms with E-state index in [-0.39, 0.29) is 29.3 Å². The summed E-state index contributed by atoms with van der Waals surface area (Å²) in [7, 11) is -1.18. The molecular formula is C19H19N3O8S. The maximum Gasteiger partial charge on any atom is 0.306 e. The van der Waals surface area contributed by atoms with Crippen molar-refractivity contribution in [1.29, 1.82) is 0 Å². The Morgan fingerprint density at radius 2 is 1.84 bits per heavy atom. The van der Waals surface area contributed by atoms with Crippen molar-refractivity contribution < 1.29 is 32.3 Å². The number of hydrogen-bond acceptors (Lipinski definition) is 9. The van der Waals surface area contributed by atoms with Gasteiger partial charge in [0.25, 0.3) is 15.7 Å². The molecule has 2 aromatic carbocycles. The molecule has 0 aromatic heterocycles. The van der Waals surface area contributed by atoms with Crippen LogP contribution in [0.3, 0.4) is 0 Å². The Balaban J connectivity index is 1.96. The molecule has 0 saturated carbocycles. The van der Waals surface area contributed by atoms with E-state index in [1.165, 1.54) is 14.2 Å². The van der Waals surface area contributed by atoms with Crippen LogP contribution in [0.4, 0.5) is 5.69 Å². The Morgan fingerprint density at radius 3 is 2.39 bits per heavy atom. The standard InChI is InChI=1S/C19H19N3O8S/c1-28-16-8-3-12(9-17(16)29-2)19(13-10-18(23)30-11-13)20-21-31(26,27)15-6-4-14(5-7-15)22(24)25/h3-9,13,21H,10-11H2,1-2H3/b20-19-/t13-/m1/s1. The predicted octanol–water partition coefficient (Wildman–Crippen LogP) is 1.86.